The minimum atomic E-state index is -0.573. The van der Waals surface area contributed by atoms with Gasteiger partial charge in [0.05, 0.1) is 18.8 Å². The lowest BCUT2D eigenvalue weighted by atomic mass is 10.00. The molecular formula is C21H23ClF2O2. The lowest BCUT2D eigenvalue weighted by molar-refractivity contribution is -0.203. The Hall–Kier alpha value is -1.49. The number of hydrogen-bond acceptors (Lipinski definition) is 2. The molecule has 0 atom stereocenters. The maximum absolute atomic E-state index is 14.5. The quantitative estimate of drug-likeness (QED) is 0.611. The fraction of sp³-hybridized carbons (Fsp3) is 0.429. The van der Waals surface area contributed by atoms with Crippen molar-refractivity contribution >= 4 is 11.6 Å². The minimum Gasteiger partial charge on any atom is -0.352 e. The average molecular weight is 381 g/mol. The van der Waals surface area contributed by atoms with E-state index in [1.165, 1.54) is 12.1 Å². The van der Waals surface area contributed by atoms with Crippen molar-refractivity contribution in [2.45, 2.75) is 38.9 Å². The molecule has 0 saturated carbocycles. The van der Waals surface area contributed by atoms with Crippen molar-refractivity contribution in [2.24, 2.45) is 5.92 Å². The Morgan fingerprint density at radius 2 is 1.62 bits per heavy atom. The van der Waals surface area contributed by atoms with Gasteiger partial charge in [-0.3, -0.25) is 0 Å². The first kappa shape index (κ1) is 19.3. The van der Waals surface area contributed by atoms with E-state index in [9.17, 15) is 8.78 Å². The molecule has 2 nitrogen and oxygen atoms in total. The number of ether oxygens (including phenoxy) is 2. The predicted octanol–water partition coefficient (Wildman–Crippen LogP) is 6.01. The van der Waals surface area contributed by atoms with E-state index in [1.54, 1.807) is 24.3 Å². The summed E-state index contributed by atoms with van der Waals surface area (Å²) in [6.07, 6.45) is 2.98. The summed E-state index contributed by atoms with van der Waals surface area (Å²) in [5.74, 6) is -0.698. The van der Waals surface area contributed by atoms with E-state index in [0.717, 1.165) is 12.8 Å². The zero-order valence-corrected chi connectivity index (χ0v) is 15.6. The number of hydrogen-bond donors (Lipinski definition) is 0. The van der Waals surface area contributed by atoms with Gasteiger partial charge in [0.25, 0.3) is 0 Å². The molecule has 1 aliphatic heterocycles. The van der Waals surface area contributed by atoms with Gasteiger partial charge in [-0.25, -0.2) is 8.78 Å². The van der Waals surface area contributed by atoms with Gasteiger partial charge in [0.1, 0.15) is 11.6 Å². The van der Waals surface area contributed by atoms with Crippen molar-refractivity contribution in [2.75, 3.05) is 13.2 Å². The Morgan fingerprint density at radius 3 is 2.19 bits per heavy atom. The largest absolute Gasteiger partial charge is 0.352 e. The maximum Gasteiger partial charge on any atom is 0.157 e. The molecule has 3 rings (SSSR count). The summed E-state index contributed by atoms with van der Waals surface area (Å²) in [5, 5.41) is 0.528. The van der Waals surface area contributed by atoms with Crippen molar-refractivity contribution in [1.82, 2.24) is 0 Å². The first-order valence-electron chi connectivity index (χ1n) is 9.04. The Labute approximate surface area is 158 Å². The molecule has 26 heavy (non-hydrogen) atoms. The molecule has 0 aliphatic carbocycles. The second-order valence-corrected chi connectivity index (χ2v) is 7.17. The van der Waals surface area contributed by atoms with E-state index in [-0.39, 0.29) is 11.9 Å². The van der Waals surface area contributed by atoms with Crippen molar-refractivity contribution in [3.8, 4) is 11.1 Å². The zero-order chi connectivity index (χ0) is 18.5. The fourth-order valence-electron chi connectivity index (χ4n) is 3.27. The van der Waals surface area contributed by atoms with Crippen LogP contribution >= 0.6 is 11.6 Å². The molecule has 1 heterocycles. The molecule has 1 aliphatic rings. The first-order valence-corrected chi connectivity index (χ1v) is 9.41. The minimum absolute atomic E-state index is 0.0296. The second kappa shape index (κ2) is 8.94. The van der Waals surface area contributed by atoms with Crippen LogP contribution in [0.3, 0.4) is 0 Å². The Morgan fingerprint density at radius 1 is 1.00 bits per heavy atom. The smallest absolute Gasteiger partial charge is 0.157 e. The Balaban J connectivity index is 1.62. The summed E-state index contributed by atoms with van der Waals surface area (Å²) in [6.45, 7) is 3.52. The molecule has 2 aromatic rings. The normalized spacial score (nSPS) is 20.3. The summed E-state index contributed by atoms with van der Waals surface area (Å²) in [4.78, 5) is 0. The van der Waals surface area contributed by atoms with Crippen LogP contribution < -0.4 is 0 Å². The van der Waals surface area contributed by atoms with Crippen LogP contribution in [0.15, 0.2) is 36.4 Å². The monoisotopic (exact) mass is 380 g/mol. The van der Waals surface area contributed by atoms with Crippen LogP contribution in [0.4, 0.5) is 8.78 Å². The molecule has 0 bridgehead atoms. The van der Waals surface area contributed by atoms with E-state index in [1.807, 2.05) is 0 Å². The van der Waals surface area contributed by atoms with Gasteiger partial charge in [0.2, 0.25) is 0 Å². The number of benzene rings is 2. The van der Waals surface area contributed by atoms with Gasteiger partial charge in [-0.2, -0.15) is 0 Å². The van der Waals surface area contributed by atoms with Crippen LogP contribution in [0.5, 0.6) is 0 Å². The molecule has 1 saturated heterocycles. The van der Waals surface area contributed by atoms with Crippen molar-refractivity contribution in [1.29, 1.82) is 0 Å². The van der Waals surface area contributed by atoms with Crippen LogP contribution in [0, 0.1) is 17.6 Å². The van der Waals surface area contributed by atoms with E-state index in [2.05, 4.69) is 6.92 Å². The van der Waals surface area contributed by atoms with Gasteiger partial charge in [0, 0.05) is 17.4 Å². The van der Waals surface area contributed by atoms with Crippen LogP contribution in [0.25, 0.3) is 11.1 Å². The molecule has 2 aromatic carbocycles. The SMILES string of the molecule is CCCC1COC(CCc2cc(F)c(-c3ccc(Cl)cc3)c(F)c2)OC1. The summed E-state index contributed by atoms with van der Waals surface area (Å²) in [7, 11) is 0. The lowest BCUT2D eigenvalue weighted by Crippen LogP contribution is -2.32. The molecule has 0 aromatic heterocycles. The molecule has 5 heteroatoms. The molecule has 0 radical (unpaired) electrons. The number of halogens is 3. The highest BCUT2D eigenvalue weighted by molar-refractivity contribution is 6.30. The zero-order valence-electron chi connectivity index (χ0n) is 14.8. The van der Waals surface area contributed by atoms with Crippen LogP contribution in [-0.2, 0) is 15.9 Å². The average Bonchev–Trinajstić information content (AvgIpc) is 2.62. The highest BCUT2D eigenvalue weighted by Gasteiger charge is 2.22. The van der Waals surface area contributed by atoms with Crippen molar-refractivity contribution in [3.63, 3.8) is 0 Å². The summed E-state index contributed by atoms with van der Waals surface area (Å²) in [6, 6.07) is 9.23. The summed E-state index contributed by atoms with van der Waals surface area (Å²) < 4.78 is 40.3. The molecule has 0 spiro atoms. The second-order valence-electron chi connectivity index (χ2n) is 6.73. The third kappa shape index (κ3) is 4.81. The van der Waals surface area contributed by atoms with Crippen LogP contribution in [0.1, 0.15) is 31.7 Å². The Bertz CT molecular complexity index is 702. The fourth-order valence-corrected chi connectivity index (χ4v) is 3.40. The maximum atomic E-state index is 14.5. The highest BCUT2D eigenvalue weighted by atomic mass is 35.5. The van der Waals surface area contributed by atoms with Gasteiger partial charge < -0.3 is 9.47 Å². The topological polar surface area (TPSA) is 18.5 Å². The van der Waals surface area contributed by atoms with E-state index in [0.29, 0.717) is 48.1 Å². The third-order valence-corrected chi connectivity index (χ3v) is 4.89. The molecule has 0 unspecified atom stereocenters. The lowest BCUT2D eigenvalue weighted by Gasteiger charge is -2.29. The summed E-state index contributed by atoms with van der Waals surface area (Å²) in [5.41, 5.74) is 1.04. The molecule has 0 N–H and O–H groups in total. The van der Waals surface area contributed by atoms with Gasteiger partial charge in [-0.15, -0.1) is 0 Å². The standard InChI is InChI=1S/C21H23ClF2O2/c1-2-3-15-12-25-20(26-13-15)9-4-14-10-18(23)21(19(24)11-14)16-5-7-17(22)8-6-16/h5-8,10-11,15,20H,2-4,9,12-13H2,1H3. The van der Waals surface area contributed by atoms with Gasteiger partial charge in [0.15, 0.2) is 6.29 Å². The third-order valence-electron chi connectivity index (χ3n) is 4.64. The van der Waals surface area contributed by atoms with Gasteiger partial charge in [-0.1, -0.05) is 37.1 Å². The van der Waals surface area contributed by atoms with Crippen LogP contribution in [-0.4, -0.2) is 19.5 Å². The molecule has 1 fully saturated rings. The van der Waals surface area contributed by atoms with Crippen molar-refractivity contribution in [3.05, 3.63) is 58.6 Å². The van der Waals surface area contributed by atoms with Gasteiger partial charge in [-0.05, 0) is 48.2 Å². The van der Waals surface area contributed by atoms with E-state index >= 15 is 0 Å². The number of rotatable bonds is 6. The first-order chi connectivity index (χ1) is 12.6. The molecule has 140 valence electrons. The molecule has 0 amide bonds. The highest BCUT2D eigenvalue weighted by Crippen LogP contribution is 2.29. The molecular weight excluding hydrogens is 358 g/mol. The summed E-state index contributed by atoms with van der Waals surface area (Å²) >= 11 is 5.83. The van der Waals surface area contributed by atoms with Crippen molar-refractivity contribution < 1.29 is 18.3 Å². The predicted molar refractivity (Wildman–Crippen MR) is 99.2 cm³/mol. The van der Waals surface area contributed by atoms with E-state index < -0.39 is 11.6 Å². The Kier molecular flexibility index (Phi) is 6.63. The van der Waals surface area contributed by atoms with Crippen LogP contribution in [0.2, 0.25) is 5.02 Å². The van der Waals surface area contributed by atoms with Gasteiger partial charge >= 0.3 is 0 Å². The number of aryl methyl sites for hydroxylation is 1. The van der Waals surface area contributed by atoms with E-state index in [4.69, 9.17) is 21.1 Å².